The largest absolute Gasteiger partial charge is 0.497 e. The second-order valence-corrected chi connectivity index (χ2v) is 5.21. The third-order valence-electron chi connectivity index (χ3n) is 3.50. The van der Waals surface area contributed by atoms with Gasteiger partial charge in [0.15, 0.2) is 18.1 Å². The summed E-state index contributed by atoms with van der Waals surface area (Å²) in [5.41, 5.74) is 1.05. The first-order valence-electron chi connectivity index (χ1n) is 7.86. The molecular formula is C20H17N3O4. The summed E-state index contributed by atoms with van der Waals surface area (Å²) < 4.78 is 15.5. The van der Waals surface area contributed by atoms with E-state index in [1.165, 1.54) is 13.2 Å². The fraction of sp³-hybridized carbons (Fsp3) is 0.150. The molecule has 0 saturated heterocycles. The van der Waals surface area contributed by atoms with E-state index >= 15 is 0 Å². The minimum absolute atomic E-state index is 0.0708. The van der Waals surface area contributed by atoms with Crippen LogP contribution in [0.25, 0.3) is 6.08 Å². The lowest BCUT2D eigenvalue weighted by atomic mass is 10.1. The van der Waals surface area contributed by atoms with E-state index < -0.39 is 5.91 Å². The second kappa shape index (κ2) is 9.50. The highest BCUT2D eigenvalue weighted by molar-refractivity contribution is 6.09. The molecule has 0 unspecified atom stereocenters. The lowest BCUT2D eigenvalue weighted by Gasteiger charge is -2.09. The average molecular weight is 363 g/mol. The molecule has 7 nitrogen and oxygen atoms in total. The van der Waals surface area contributed by atoms with Gasteiger partial charge in [0.1, 0.15) is 23.5 Å². The monoisotopic (exact) mass is 363 g/mol. The predicted molar refractivity (Wildman–Crippen MR) is 99.3 cm³/mol. The van der Waals surface area contributed by atoms with E-state index in [4.69, 9.17) is 19.5 Å². The van der Waals surface area contributed by atoms with Crippen molar-refractivity contribution in [2.75, 3.05) is 26.1 Å². The molecule has 136 valence electrons. The van der Waals surface area contributed by atoms with Gasteiger partial charge in [0, 0.05) is 5.69 Å². The molecule has 0 aliphatic rings. The second-order valence-electron chi connectivity index (χ2n) is 5.21. The third-order valence-corrected chi connectivity index (χ3v) is 3.50. The van der Waals surface area contributed by atoms with Gasteiger partial charge in [-0.05, 0) is 48.0 Å². The molecule has 0 aliphatic heterocycles. The number of nitrogens with zero attached hydrogens (tertiary/aromatic N) is 2. The molecule has 0 bridgehead atoms. The smallest absolute Gasteiger partial charge is 0.266 e. The molecule has 0 atom stereocenters. The molecule has 0 aliphatic carbocycles. The fourth-order valence-corrected chi connectivity index (χ4v) is 2.19. The van der Waals surface area contributed by atoms with Crippen molar-refractivity contribution >= 4 is 17.7 Å². The first-order chi connectivity index (χ1) is 13.1. The van der Waals surface area contributed by atoms with Gasteiger partial charge in [-0.3, -0.25) is 4.79 Å². The van der Waals surface area contributed by atoms with Crippen LogP contribution in [0, 0.1) is 22.7 Å². The van der Waals surface area contributed by atoms with Gasteiger partial charge in [-0.25, -0.2) is 0 Å². The Morgan fingerprint density at radius 1 is 1.07 bits per heavy atom. The van der Waals surface area contributed by atoms with Crippen molar-refractivity contribution in [3.05, 3.63) is 53.6 Å². The summed E-state index contributed by atoms with van der Waals surface area (Å²) in [5.74, 6) is 0.922. The molecule has 1 amide bonds. The van der Waals surface area contributed by atoms with Crippen molar-refractivity contribution in [1.82, 2.24) is 0 Å². The molecule has 0 spiro atoms. The zero-order chi connectivity index (χ0) is 19.6. The highest BCUT2D eigenvalue weighted by Crippen LogP contribution is 2.29. The summed E-state index contributed by atoms with van der Waals surface area (Å²) >= 11 is 0. The van der Waals surface area contributed by atoms with Crippen molar-refractivity contribution in [1.29, 1.82) is 10.5 Å². The van der Waals surface area contributed by atoms with Gasteiger partial charge in [-0.15, -0.1) is 0 Å². The number of hydrogen-bond acceptors (Lipinski definition) is 6. The van der Waals surface area contributed by atoms with Crippen LogP contribution in [0.1, 0.15) is 5.56 Å². The Morgan fingerprint density at radius 3 is 2.41 bits per heavy atom. The predicted octanol–water partition coefficient (Wildman–Crippen LogP) is 3.15. The van der Waals surface area contributed by atoms with Gasteiger partial charge in [0.05, 0.1) is 14.2 Å². The minimum atomic E-state index is -0.536. The first kappa shape index (κ1) is 19.4. The number of carbonyl (C=O) groups excluding carboxylic acids is 1. The zero-order valence-corrected chi connectivity index (χ0v) is 14.9. The molecule has 1 N–H and O–H groups in total. The standard InChI is InChI=1S/C20H17N3O4/c1-25-17-6-4-16(5-7-17)23-20(24)15(13-22)11-14-3-8-18(27-10-9-21)19(12-14)26-2/h3-8,11-12H,10H2,1-2H3,(H,23,24)/b15-11-. The van der Waals surface area contributed by atoms with Crippen LogP contribution in [-0.4, -0.2) is 26.7 Å². The van der Waals surface area contributed by atoms with E-state index in [9.17, 15) is 10.1 Å². The number of nitrogens with one attached hydrogen (secondary N) is 1. The lowest BCUT2D eigenvalue weighted by molar-refractivity contribution is -0.112. The van der Waals surface area contributed by atoms with E-state index in [1.54, 1.807) is 49.6 Å². The van der Waals surface area contributed by atoms with Crippen LogP contribution in [0.4, 0.5) is 5.69 Å². The van der Waals surface area contributed by atoms with E-state index in [-0.39, 0.29) is 12.2 Å². The average Bonchev–Trinajstić information content (AvgIpc) is 2.71. The van der Waals surface area contributed by atoms with Crippen LogP contribution in [-0.2, 0) is 4.79 Å². The zero-order valence-electron chi connectivity index (χ0n) is 14.9. The lowest BCUT2D eigenvalue weighted by Crippen LogP contribution is -2.13. The summed E-state index contributed by atoms with van der Waals surface area (Å²) in [7, 11) is 3.01. The molecular weight excluding hydrogens is 346 g/mol. The van der Waals surface area contributed by atoms with E-state index in [2.05, 4.69) is 5.32 Å². The maximum atomic E-state index is 12.3. The third kappa shape index (κ3) is 5.25. The SMILES string of the molecule is COc1ccc(NC(=O)/C(C#N)=C\c2ccc(OCC#N)c(OC)c2)cc1. The summed E-state index contributed by atoms with van der Waals surface area (Å²) in [6, 6.07) is 15.4. The number of carbonyl (C=O) groups is 1. The summed E-state index contributed by atoms with van der Waals surface area (Å²) in [5, 5.41) is 20.6. The van der Waals surface area contributed by atoms with Gasteiger partial charge >= 0.3 is 0 Å². The van der Waals surface area contributed by atoms with Gasteiger partial charge in [0.2, 0.25) is 0 Å². The fourth-order valence-electron chi connectivity index (χ4n) is 2.19. The number of hydrogen-bond donors (Lipinski definition) is 1. The van der Waals surface area contributed by atoms with Crippen LogP contribution >= 0.6 is 0 Å². The van der Waals surface area contributed by atoms with Crippen LogP contribution in [0.15, 0.2) is 48.0 Å². The van der Waals surface area contributed by atoms with E-state index in [1.807, 2.05) is 12.1 Å². The number of benzene rings is 2. The maximum absolute atomic E-state index is 12.3. The molecule has 7 heteroatoms. The Balaban J connectivity index is 2.20. The van der Waals surface area contributed by atoms with Crippen molar-refractivity contribution in [3.8, 4) is 29.4 Å². The number of methoxy groups -OCH3 is 2. The normalized spacial score (nSPS) is 10.3. The number of anilines is 1. The highest BCUT2D eigenvalue weighted by Gasteiger charge is 2.11. The molecule has 2 aromatic rings. The van der Waals surface area contributed by atoms with Gasteiger partial charge < -0.3 is 19.5 Å². The van der Waals surface area contributed by atoms with E-state index in [0.717, 1.165) is 0 Å². The van der Waals surface area contributed by atoms with Crippen molar-refractivity contribution in [2.24, 2.45) is 0 Å². The van der Waals surface area contributed by atoms with Crippen LogP contribution < -0.4 is 19.5 Å². The Morgan fingerprint density at radius 2 is 1.81 bits per heavy atom. The first-order valence-corrected chi connectivity index (χ1v) is 7.86. The minimum Gasteiger partial charge on any atom is -0.497 e. The van der Waals surface area contributed by atoms with Crippen molar-refractivity contribution < 1.29 is 19.0 Å². The maximum Gasteiger partial charge on any atom is 0.266 e. The molecule has 0 saturated carbocycles. The van der Waals surface area contributed by atoms with Gasteiger partial charge in [-0.1, -0.05) is 6.07 Å². The van der Waals surface area contributed by atoms with Crippen LogP contribution in [0.2, 0.25) is 0 Å². The van der Waals surface area contributed by atoms with Crippen LogP contribution in [0.3, 0.4) is 0 Å². The van der Waals surface area contributed by atoms with Crippen molar-refractivity contribution in [2.45, 2.75) is 0 Å². The number of amides is 1. The molecule has 0 radical (unpaired) electrons. The Bertz CT molecular complexity index is 922. The molecule has 2 aromatic carbocycles. The van der Waals surface area contributed by atoms with Crippen LogP contribution in [0.5, 0.6) is 17.2 Å². The number of ether oxygens (including phenoxy) is 3. The topological polar surface area (TPSA) is 104 Å². The Kier molecular flexibility index (Phi) is 6.81. The highest BCUT2D eigenvalue weighted by atomic mass is 16.5. The Hall–Kier alpha value is -3.97. The summed E-state index contributed by atoms with van der Waals surface area (Å²) in [6.45, 7) is -0.112. The summed E-state index contributed by atoms with van der Waals surface area (Å²) in [6.07, 6.45) is 1.44. The van der Waals surface area contributed by atoms with Gasteiger partial charge in [-0.2, -0.15) is 10.5 Å². The number of nitriles is 2. The molecule has 0 heterocycles. The van der Waals surface area contributed by atoms with E-state index in [0.29, 0.717) is 28.5 Å². The summed E-state index contributed by atoms with van der Waals surface area (Å²) in [4.78, 5) is 12.3. The quantitative estimate of drug-likeness (QED) is 0.598. The molecule has 0 aromatic heterocycles. The molecule has 2 rings (SSSR count). The molecule has 27 heavy (non-hydrogen) atoms. The van der Waals surface area contributed by atoms with Crippen molar-refractivity contribution in [3.63, 3.8) is 0 Å². The molecule has 0 fully saturated rings. The number of rotatable bonds is 7. The Labute approximate surface area is 157 Å². The van der Waals surface area contributed by atoms with Gasteiger partial charge in [0.25, 0.3) is 5.91 Å².